The first-order valence-corrected chi connectivity index (χ1v) is 10.3. The van der Waals surface area contributed by atoms with Crippen molar-refractivity contribution in [2.24, 2.45) is 0 Å². The zero-order valence-corrected chi connectivity index (χ0v) is 18.4. The number of ether oxygens (including phenoxy) is 4. The van der Waals surface area contributed by atoms with E-state index in [0.717, 1.165) is 24.1 Å². The van der Waals surface area contributed by atoms with Gasteiger partial charge in [0.25, 0.3) is 5.91 Å². The van der Waals surface area contributed by atoms with Crippen LogP contribution < -0.4 is 18.9 Å². The highest BCUT2D eigenvalue weighted by molar-refractivity contribution is 5.95. The summed E-state index contributed by atoms with van der Waals surface area (Å²) >= 11 is 0. The maximum Gasteiger partial charge on any atom is 0.254 e. The second-order valence-corrected chi connectivity index (χ2v) is 7.64. The van der Waals surface area contributed by atoms with Gasteiger partial charge in [-0.15, -0.1) is 0 Å². The number of carbonyl (C=O) groups excluding carboxylic acids is 1. The van der Waals surface area contributed by atoms with Gasteiger partial charge in [-0.3, -0.25) is 4.79 Å². The molecule has 31 heavy (non-hydrogen) atoms. The summed E-state index contributed by atoms with van der Waals surface area (Å²) in [7, 11) is 6.33. The number of piperidine rings is 1. The van der Waals surface area contributed by atoms with E-state index in [4.69, 9.17) is 18.9 Å². The van der Waals surface area contributed by atoms with Gasteiger partial charge in [-0.1, -0.05) is 0 Å². The molecular weight excluding hydrogens is 396 g/mol. The van der Waals surface area contributed by atoms with Crippen molar-refractivity contribution in [1.82, 2.24) is 9.88 Å². The molecule has 0 atom stereocenters. The molecule has 0 spiro atoms. The minimum absolute atomic E-state index is 0.0294. The van der Waals surface area contributed by atoms with Crippen LogP contribution in [-0.4, -0.2) is 57.3 Å². The number of nitrogens with zero attached hydrogens (tertiary/aromatic N) is 1. The summed E-state index contributed by atoms with van der Waals surface area (Å²) in [5.41, 5.74) is 2.92. The minimum atomic E-state index is -0.0294. The number of aromatic nitrogens is 1. The van der Waals surface area contributed by atoms with Crippen molar-refractivity contribution in [3.63, 3.8) is 0 Å². The fourth-order valence-electron chi connectivity index (χ4n) is 4.37. The smallest absolute Gasteiger partial charge is 0.254 e. The number of carbonyl (C=O) groups is 1. The molecule has 1 aromatic heterocycles. The molecule has 0 aliphatic carbocycles. The van der Waals surface area contributed by atoms with Crippen LogP contribution in [0.1, 0.15) is 34.7 Å². The lowest BCUT2D eigenvalue weighted by Crippen LogP contribution is -2.37. The molecule has 2 heterocycles. The second kappa shape index (κ2) is 8.79. The van der Waals surface area contributed by atoms with E-state index in [-0.39, 0.29) is 5.91 Å². The Morgan fingerprint density at radius 1 is 0.935 bits per heavy atom. The molecule has 0 saturated carbocycles. The van der Waals surface area contributed by atoms with Crippen LogP contribution >= 0.6 is 0 Å². The van der Waals surface area contributed by atoms with E-state index < -0.39 is 0 Å². The van der Waals surface area contributed by atoms with Crippen molar-refractivity contribution in [2.45, 2.75) is 18.8 Å². The summed E-state index contributed by atoms with van der Waals surface area (Å²) in [5.74, 6) is 2.65. The number of nitrogens with one attached hydrogen (secondary N) is 1. The predicted molar refractivity (Wildman–Crippen MR) is 119 cm³/mol. The normalized spacial score (nSPS) is 14.5. The van der Waals surface area contributed by atoms with E-state index >= 15 is 0 Å². The van der Waals surface area contributed by atoms with Gasteiger partial charge in [-0.05, 0) is 54.7 Å². The van der Waals surface area contributed by atoms with Crippen LogP contribution in [0.4, 0.5) is 0 Å². The SMILES string of the molecule is COc1ccc2[nH]cc(C3CCN(C(=O)c4cc(OC)c(OC)c(OC)c4)CC3)c2c1. The Morgan fingerprint density at radius 2 is 1.61 bits per heavy atom. The Balaban J connectivity index is 1.51. The molecule has 0 radical (unpaired) electrons. The molecule has 164 valence electrons. The molecule has 2 aromatic carbocycles. The maximum absolute atomic E-state index is 13.2. The minimum Gasteiger partial charge on any atom is -0.497 e. The summed E-state index contributed by atoms with van der Waals surface area (Å²) in [5, 5.41) is 1.19. The molecule has 1 amide bonds. The average Bonchev–Trinajstić information content (AvgIpc) is 3.25. The first-order valence-electron chi connectivity index (χ1n) is 10.3. The largest absolute Gasteiger partial charge is 0.497 e. The van der Waals surface area contributed by atoms with Gasteiger partial charge in [0.2, 0.25) is 5.75 Å². The zero-order chi connectivity index (χ0) is 22.0. The Hall–Kier alpha value is -3.35. The Bertz CT molecular complexity index is 1060. The number of likely N-dealkylation sites (tertiary alicyclic amines) is 1. The van der Waals surface area contributed by atoms with E-state index in [1.54, 1.807) is 40.6 Å². The van der Waals surface area contributed by atoms with Gasteiger partial charge in [0.15, 0.2) is 11.5 Å². The molecule has 7 heteroatoms. The van der Waals surface area contributed by atoms with Gasteiger partial charge in [0, 0.05) is 35.8 Å². The number of H-pyrrole nitrogens is 1. The molecular formula is C24H28N2O5. The Kier molecular flexibility index (Phi) is 5.93. The van der Waals surface area contributed by atoms with E-state index in [0.29, 0.717) is 41.8 Å². The standard InChI is InChI=1S/C24H28N2O5/c1-28-17-5-6-20-18(13-17)19(14-25-20)15-7-9-26(10-8-15)24(27)16-11-21(29-2)23(31-4)22(12-16)30-3/h5-6,11-15,25H,7-10H2,1-4H3. The number of aromatic amines is 1. The number of rotatable bonds is 6. The van der Waals surface area contributed by atoms with E-state index in [1.165, 1.54) is 10.9 Å². The van der Waals surface area contributed by atoms with Crippen molar-refractivity contribution in [3.05, 3.63) is 47.7 Å². The zero-order valence-electron chi connectivity index (χ0n) is 18.4. The number of amides is 1. The van der Waals surface area contributed by atoms with Crippen LogP contribution in [0.25, 0.3) is 10.9 Å². The highest BCUT2D eigenvalue weighted by Gasteiger charge is 2.27. The molecule has 7 nitrogen and oxygen atoms in total. The van der Waals surface area contributed by atoms with Crippen molar-refractivity contribution in [1.29, 1.82) is 0 Å². The van der Waals surface area contributed by atoms with E-state index in [9.17, 15) is 4.79 Å². The van der Waals surface area contributed by atoms with Gasteiger partial charge >= 0.3 is 0 Å². The lowest BCUT2D eigenvalue weighted by molar-refractivity contribution is 0.0712. The number of hydrogen-bond acceptors (Lipinski definition) is 5. The lowest BCUT2D eigenvalue weighted by atomic mass is 9.89. The van der Waals surface area contributed by atoms with Crippen LogP contribution in [-0.2, 0) is 0 Å². The molecule has 1 saturated heterocycles. The number of methoxy groups -OCH3 is 4. The predicted octanol–water partition coefficient (Wildman–Crippen LogP) is 4.22. The van der Waals surface area contributed by atoms with Crippen molar-refractivity contribution < 1.29 is 23.7 Å². The maximum atomic E-state index is 13.2. The van der Waals surface area contributed by atoms with Crippen molar-refractivity contribution >= 4 is 16.8 Å². The molecule has 4 rings (SSSR count). The van der Waals surface area contributed by atoms with Gasteiger partial charge in [0.05, 0.1) is 28.4 Å². The van der Waals surface area contributed by atoms with Crippen molar-refractivity contribution in [3.8, 4) is 23.0 Å². The number of benzene rings is 2. The third-order valence-corrected chi connectivity index (χ3v) is 6.05. The average molecular weight is 424 g/mol. The van der Waals surface area contributed by atoms with Crippen LogP contribution in [0.2, 0.25) is 0 Å². The number of hydrogen-bond donors (Lipinski definition) is 1. The lowest BCUT2D eigenvalue weighted by Gasteiger charge is -2.32. The van der Waals surface area contributed by atoms with Gasteiger partial charge < -0.3 is 28.8 Å². The molecule has 1 fully saturated rings. The summed E-state index contributed by atoms with van der Waals surface area (Å²) < 4.78 is 21.5. The molecule has 1 aliphatic rings. The van der Waals surface area contributed by atoms with Crippen molar-refractivity contribution in [2.75, 3.05) is 41.5 Å². The van der Waals surface area contributed by atoms with Gasteiger partial charge in [0.1, 0.15) is 5.75 Å². The Morgan fingerprint density at radius 3 is 2.19 bits per heavy atom. The first kappa shape index (κ1) is 20.9. The summed E-state index contributed by atoms with van der Waals surface area (Å²) in [6.45, 7) is 1.38. The Labute approximate surface area is 181 Å². The molecule has 1 aliphatic heterocycles. The molecule has 1 N–H and O–H groups in total. The quantitative estimate of drug-likeness (QED) is 0.641. The van der Waals surface area contributed by atoms with Crippen LogP contribution in [0.15, 0.2) is 36.5 Å². The third kappa shape index (κ3) is 3.87. The summed E-state index contributed by atoms with van der Waals surface area (Å²) in [4.78, 5) is 18.4. The first-order chi connectivity index (χ1) is 15.1. The highest BCUT2D eigenvalue weighted by Crippen LogP contribution is 2.39. The summed E-state index contributed by atoms with van der Waals surface area (Å²) in [6, 6.07) is 9.50. The second-order valence-electron chi connectivity index (χ2n) is 7.64. The number of fused-ring (bicyclic) bond motifs is 1. The van der Waals surface area contributed by atoms with E-state index in [1.807, 2.05) is 17.0 Å². The van der Waals surface area contributed by atoms with E-state index in [2.05, 4.69) is 17.2 Å². The fraction of sp³-hybridized carbons (Fsp3) is 0.375. The topological polar surface area (TPSA) is 73.0 Å². The summed E-state index contributed by atoms with van der Waals surface area (Å²) in [6.07, 6.45) is 3.89. The third-order valence-electron chi connectivity index (χ3n) is 6.05. The van der Waals surface area contributed by atoms with Crippen LogP contribution in [0, 0.1) is 0 Å². The van der Waals surface area contributed by atoms with Gasteiger partial charge in [-0.2, -0.15) is 0 Å². The highest BCUT2D eigenvalue weighted by atomic mass is 16.5. The van der Waals surface area contributed by atoms with Crippen LogP contribution in [0.5, 0.6) is 23.0 Å². The molecule has 0 bridgehead atoms. The monoisotopic (exact) mass is 424 g/mol. The van der Waals surface area contributed by atoms with Crippen LogP contribution in [0.3, 0.4) is 0 Å². The molecule has 3 aromatic rings. The molecule has 0 unspecified atom stereocenters. The van der Waals surface area contributed by atoms with Gasteiger partial charge in [-0.25, -0.2) is 0 Å². The fourth-order valence-corrected chi connectivity index (χ4v) is 4.37.